The highest BCUT2D eigenvalue weighted by molar-refractivity contribution is 6.15. The minimum atomic E-state index is -0.346. The highest BCUT2D eigenvalue weighted by Crippen LogP contribution is 2.17. The first-order valence-electron chi connectivity index (χ1n) is 10.2. The van der Waals surface area contributed by atoms with Crippen LogP contribution in [0.1, 0.15) is 50.4 Å². The molecule has 3 aromatic rings. The zero-order valence-electron chi connectivity index (χ0n) is 16.6. The number of ketones is 1. The van der Waals surface area contributed by atoms with E-state index in [1.165, 1.54) is 4.68 Å². The Balaban J connectivity index is 1.45. The van der Waals surface area contributed by atoms with E-state index in [1.807, 2.05) is 6.07 Å². The number of benzene rings is 2. The Morgan fingerprint density at radius 1 is 0.933 bits per heavy atom. The van der Waals surface area contributed by atoms with Crippen LogP contribution in [-0.4, -0.2) is 28.0 Å². The van der Waals surface area contributed by atoms with E-state index in [0.29, 0.717) is 16.7 Å². The molecule has 30 heavy (non-hydrogen) atoms. The summed E-state index contributed by atoms with van der Waals surface area (Å²) in [5, 5.41) is 7.28. The van der Waals surface area contributed by atoms with Gasteiger partial charge in [0.2, 0.25) is 0 Å². The van der Waals surface area contributed by atoms with Gasteiger partial charge in [-0.05, 0) is 37.3 Å². The molecule has 0 radical (unpaired) electrons. The molecular formula is C24H23N3O3. The van der Waals surface area contributed by atoms with Gasteiger partial charge in [0.1, 0.15) is 0 Å². The molecule has 0 spiro atoms. The second-order valence-electron chi connectivity index (χ2n) is 7.38. The quantitative estimate of drug-likeness (QED) is 0.644. The molecule has 0 fully saturated rings. The van der Waals surface area contributed by atoms with Gasteiger partial charge in [-0.1, -0.05) is 48.5 Å². The summed E-state index contributed by atoms with van der Waals surface area (Å²) in [6, 6.07) is 17.3. The number of hydrogen-bond donors (Lipinski definition) is 1. The van der Waals surface area contributed by atoms with Gasteiger partial charge in [-0.2, -0.15) is 5.10 Å². The zero-order chi connectivity index (χ0) is 20.9. The van der Waals surface area contributed by atoms with Crippen molar-refractivity contribution in [3.8, 4) is 0 Å². The number of rotatable bonds is 6. The maximum atomic E-state index is 12.8. The molecule has 6 nitrogen and oxygen atoms in total. The number of nitrogens with zero attached hydrogens (tertiary/aromatic N) is 2. The van der Waals surface area contributed by atoms with Crippen LogP contribution in [-0.2, 0) is 19.4 Å². The van der Waals surface area contributed by atoms with Crippen molar-refractivity contribution in [1.29, 1.82) is 0 Å². The van der Waals surface area contributed by atoms with E-state index in [1.54, 1.807) is 54.6 Å². The van der Waals surface area contributed by atoms with Crippen molar-refractivity contribution in [1.82, 2.24) is 15.1 Å². The zero-order valence-corrected chi connectivity index (χ0v) is 16.6. The van der Waals surface area contributed by atoms with E-state index in [0.717, 1.165) is 36.9 Å². The maximum absolute atomic E-state index is 12.8. The lowest BCUT2D eigenvalue weighted by atomic mass is 9.97. The van der Waals surface area contributed by atoms with Crippen LogP contribution >= 0.6 is 0 Å². The van der Waals surface area contributed by atoms with Gasteiger partial charge >= 0.3 is 0 Å². The molecule has 1 amide bonds. The Kier molecular flexibility index (Phi) is 5.84. The highest BCUT2D eigenvalue weighted by atomic mass is 16.2. The Morgan fingerprint density at radius 3 is 2.43 bits per heavy atom. The Morgan fingerprint density at radius 2 is 1.63 bits per heavy atom. The molecule has 0 bridgehead atoms. The number of nitrogens with one attached hydrogen (secondary N) is 1. The van der Waals surface area contributed by atoms with Crippen LogP contribution in [0, 0.1) is 0 Å². The van der Waals surface area contributed by atoms with E-state index in [2.05, 4.69) is 10.4 Å². The lowest BCUT2D eigenvalue weighted by molar-refractivity contribution is 0.0940. The third kappa shape index (κ3) is 4.22. The van der Waals surface area contributed by atoms with Gasteiger partial charge in [-0.15, -0.1) is 0 Å². The standard InChI is InChI=1S/C24H23N3O3/c28-22-16-18-10-4-7-13-21(18)26-27(22)15-14-25-24(30)20-12-6-5-11-19(20)23(29)17-8-2-1-3-9-17/h1-3,5-6,8-9,11-12,16H,4,7,10,13-15H2,(H,25,30). The number of carbonyl (C=O) groups excluding carboxylic acids is 2. The summed E-state index contributed by atoms with van der Waals surface area (Å²) < 4.78 is 1.41. The molecule has 1 N–H and O–H groups in total. The molecule has 2 aromatic carbocycles. The molecule has 152 valence electrons. The van der Waals surface area contributed by atoms with Gasteiger partial charge in [0.05, 0.1) is 17.8 Å². The number of aryl methyl sites for hydroxylation is 2. The van der Waals surface area contributed by atoms with E-state index >= 15 is 0 Å². The minimum absolute atomic E-state index is 0.149. The number of aromatic nitrogens is 2. The molecule has 0 saturated heterocycles. The molecule has 0 aliphatic heterocycles. The molecule has 0 unspecified atom stereocenters. The highest BCUT2D eigenvalue weighted by Gasteiger charge is 2.18. The number of hydrogen-bond acceptors (Lipinski definition) is 4. The summed E-state index contributed by atoms with van der Waals surface area (Å²) in [6.45, 7) is 0.533. The molecule has 1 aliphatic carbocycles. The fourth-order valence-corrected chi connectivity index (χ4v) is 3.76. The van der Waals surface area contributed by atoms with Crippen LogP contribution < -0.4 is 10.9 Å². The number of amides is 1. The summed E-state index contributed by atoms with van der Waals surface area (Å²) in [6.07, 6.45) is 3.97. The second kappa shape index (κ2) is 8.86. The first-order valence-corrected chi connectivity index (χ1v) is 10.2. The molecule has 1 heterocycles. The van der Waals surface area contributed by atoms with Crippen LogP contribution in [0.3, 0.4) is 0 Å². The van der Waals surface area contributed by atoms with Crippen molar-refractivity contribution >= 4 is 11.7 Å². The van der Waals surface area contributed by atoms with Gasteiger partial charge in [0.25, 0.3) is 11.5 Å². The van der Waals surface area contributed by atoms with Gasteiger partial charge < -0.3 is 5.32 Å². The third-order valence-corrected chi connectivity index (χ3v) is 5.34. The third-order valence-electron chi connectivity index (χ3n) is 5.34. The predicted octanol–water partition coefficient (Wildman–Crippen LogP) is 2.78. The number of fused-ring (bicyclic) bond motifs is 1. The van der Waals surface area contributed by atoms with E-state index in [4.69, 9.17) is 0 Å². The molecule has 1 aromatic heterocycles. The monoisotopic (exact) mass is 401 g/mol. The summed E-state index contributed by atoms with van der Waals surface area (Å²) in [4.78, 5) is 37.8. The van der Waals surface area contributed by atoms with Crippen molar-refractivity contribution < 1.29 is 9.59 Å². The average Bonchev–Trinajstić information content (AvgIpc) is 2.79. The van der Waals surface area contributed by atoms with Crippen molar-refractivity contribution in [2.24, 2.45) is 0 Å². The molecule has 0 saturated carbocycles. The Bertz CT molecular complexity index is 1140. The molecule has 4 rings (SSSR count). The van der Waals surface area contributed by atoms with Crippen molar-refractivity contribution in [3.63, 3.8) is 0 Å². The van der Waals surface area contributed by atoms with Crippen LogP contribution in [0.4, 0.5) is 0 Å². The molecule has 0 atom stereocenters. The normalized spacial score (nSPS) is 12.8. The molecular weight excluding hydrogens is 378 g/mol. The van der Waals surface area contributed by atoms with Gasteiger partial charge in [0.15, 0.2) is 5.78 Å². The molecule has 1 aliphatic rings. The Hall–Kier alpha value is -3.54. The first kappa shape index (κ1) is 19.8. The topological polar surface area (TPSA) is 81.1 Å². The van der Waals surface area contributed by atoms with Crippen LogP contribution in [0.5, 0.6) is 0 Å². The maximum Gasteiger partial charge on any atom is 0.267 e. The number of carbonyl (C=O) groups is 2. The van der Waals surface area contributed by atoms with Gasteiger partial charge in [-0.3, -0.25) is 14.4 Å². The summed E-state index contributed by atoms with van der Waals surface area (Å²) in [5.74, 6) is -0.546. The smallest absolute Gasteiger partial charge is 0.267 e. The predicted molar refractivity (Wildman–Crippen MR) is 114 cm³/mol. The second-order valence-corrected chi connectivity index (χ2v) is 7.38. The summed E-state index contributed by atoms with van der Waals surface area (Å²) in [7, 11) is 0. The molecule has 6 heteroatoms. The van der Waals surface area contributed by atoms with Gasteiger partial charge in [0, 0.05) is 23.7 Å². The first-order chi connectivity index (χ1) is 14.6. The Labute approximate surface area is 174 Å². The van der Waals surface area contributed by atoms with Crippen LogP contribution in [0.25, 0.3) is 0 Å². The van der Waals surface area contributed by atoms with Gasteiger partial charge in [-0.25, -0.2) is 4.68 Å². The fraction of sp³-hybridized carbons (Fsp3) is 0.250. The largest absolute Gasteiger partial charge is 0.350 e. The van der Waals surface area contributed by atoms with Crippen LogP contribution in [0.2, 0.25) is 0 Å². The lowest BCUT2D eigenvalue weighted by Gasteiger charge is -2.16. The van der Waals surface area contributed by atoms with Crippen molar-refractivity contribution in [3.05, 3.63) is 99.0 Å². The fourth-order valence-electron chi connectivity index (χ4n) is 3.76. The van der Waals surface area contributed by atoms with Crippen molar-refractivity contribution in [2.75, 3.05) is 6.54 Å². The minimum Gasteiger partial charge on any atom is -0.350 e. The van der Waals surface area contributed by atoms with E-state index in [9.17, 15) is 14.4 Å². The van der Waals surface area contributed by atoms with Crippen molar-refractivity contribution in [2.45, 2.75) is 32.2 Å². The van der Waals surface area contributed by atoms with Crippen LogP contribution in [0.15, 0.2) is 65.5 Å². The average molecular weight is 401 g/mol. The summed E-state index contributed by atoms with van der Waals surface area (Å²) >= 11 is 0. The SMILES string of the molecule is O=C(NCCn1nc2c(cc1=O)CCCC2)c1ccccc1C(=O)c1ccccc1. The summed E-state index contributed by atoms with van der Waals surface area (Å²) in [5.41, 5.74) is 3.07. The lowest BCUT2D eigenvalue weighted by Crippen LogP contribution is -2.33. The van der Waals surface area contributed by atoms with E-state index < -0.39 is 0 Å². The van der Waals surface area contributed by atoms with E-state index in [-0.39, 0.29) is 30.3 Å².